The second-order valence-corrected chi connectivity index (χ2v) is 8.91. The van der Waals surface area contributed by atoms with Crippen LogP contribution in [0.15, 0.2) is 60.7 Å². The SMILES string of the molecule is C[Si](C)C(SCc1ccccc1)c1ccccc1. The zero-order chi connectivity index (χ0) is 12.8. The Kier molecular flexibility index (Phi) is 5.08. The monoisotopic (exact) mass is 271 g/mol. The summed E-state index contributed by atoms with van der Waals surface area (Å²) in [6, 6.07) is 21.7. The molecule has 0 aliphatic heterocycles. The van der Waals surface area contributed by atoms with E-state index in [0.717, 1.165) is 5.75 Å². The summed E-state index contributed by atoms with van der Waals surface area (Å²) >= 11 is 2.08. The molecule has 2 aromatic carbocycles. The fraction of sp³-hybridized carbons (Fsp3) is 0.250. The number of hydrogen-bond acceptors (Lipinski definition) is 1. The van der Waals surface area contributed by atoms with Crippen LogP contribution in [0, 0.1) is 0 Å². The molecule has 0 nitrogen and oxygen atoms in total. The van der Waals surface area contributed by atoms with Gasteiger partial charge in [-0.1, -0.05) is 73.8 Å². The van der Waals surface area contributed by atoms with Gasteiger partial charge in [0.15, 0.2) is 0 Å². The van der Waals surface area contributed by atoms with Crippen LogP contribution in [0.2, 0.25) is 13.1 Å². The largest absolute Gasteiger partial charge is 0.152 e. The molecule has 0 aliphatic rings. The molecule has 1 radical (unpaired) electrons. The van der Waals surface area contributed by atoms with Crippen LogP contribution in [0.25, 0.3) is 0 Å². The molecule has 93 valence electrons. The van der Waals surface area contributed by atoms with Crippen molar-refractivity contribution in [1.29, 1.82) is 0 Å². The molecule has 0 bridgehead atoms. The van der Waals surface area contributed by atoms with Crippen LogP contribution in [0.4, 0.5) is 0 Å². The smallest absolute Gasteiger partial charge is 0.0630 e. The van der Waals surface area contributed by atoms with E-state index in [-0.39, 0.29) is 8.80 Å². The summed E-state index contributed by atoms with van der Waals surface area (Å²) in [5, 5.41) is 0. The molecule has 0 saturated carbocycles. The Balaban J connectivity index is 2.04. The maximum absolute atomic E-state index is 2.40. The Morgan fingerprint density at radius 1 is 0.889 bits per heavy atom. The van der Waals surface area contributed by atoms with Crippen LogP contribution < -0.4 is 0 Å². The number of rotatable bonds is 5. The second-order valence-electron chi connectivity index (χ2n) is 4.66. The van der Waals surface area contributed by atoms with Gasteiger partial charge in [0, 0.05) is 10.6 Å². The molecule has 0 saturated heterocycles. The van der Waals surface area contributed by atoms with Gasteiger partial charge in [0.2, 0.25) is 0 Å². The van der Waals surface area contributed by atoms with E-state index in [4.69, 9.17) is 0 Å². The van der Waals surface area contributed by atoms with Crippen molar-refractivity contribution in [3.63, 3.8) is 0 Å². The molecule has 2 heteroatoms. The molecule has 18 heavy (non-hydrogen) atoms. The van der Waals surface area contributed by atoms with E-state index in [1.54, 1.807) is 0 Å². The third-order valence-corrected chi connectivity index (χ3v) is 7.29. The maximum Gasteiger partial charge on any atom is 0.0630 e. The lowest BCUT2D eigenvalue weighted by Gasteiger charge is -2.19. The fourth-order valence-corrected chi connectivity index (χ4v) is 5.32. The molecule has 0 fully saturated rings. The maximum atomic E-state index is 2.40. The molecule has 0 aliphatic carbocycles. The average Bonchev–Trinajstić information content (AvgIpc) is 2.41. The third-order valence-electron chi connectivity index (χ3n) is 2.89. The molecule has 1 atom stereocenters. The van der Waals surface area contributed by atoms with Crippen molar-refractivity contribution in [2.24, 2.45) is 0 Å². The molecule has 0 amide bonds. The standard InChI is InChI=1S/C16H19SSi/c1-18(2)16(15-11-7-4-8-12-15)17-13-14-9-5-3-6-10-14/h3-12,16H,13H2,1-2H3. The lowest BCUT2D eigenvalue weighted by Crippen LogP contribution is -2.13. The minimum absolute atomic E-state index is 0.332. The summed E-state index contributed by atoms with van der Waals surface area (Å²) in [5.74, 6) is 1.11. The van der Waals surface area contributed by atoms with E-state index in [2.05, 4.69) is 85.5 Å². The highest BCUT2D eigenvalue weighted by Crippen LogP contribution is 2.33. The van der Waals surface area contributed by atoms with Crippen LogP contribution in [0.5, 0.6) is 0 Å². The van der Waals surface area contributed by atoms with Gasteiger partial charge < -0.3 is 0 Å². The van der Waals surface area contributed by atoms with Gasteiger partial charge in [0.25, 0.3) is 0 Å². The minimum atomic E-state index is -0.332. The van der Waals surface area contributed by atoms with E-state index in [0.29, 0.717) is 4.87 Å². The Morgan fingerprint density at radius 2 is 1.44 bits per heavy atom. The van der Waals surface area contributed by atoms with Crippen molar-refractivity contribution in [1.82, 2.24) is 0 Å². The van der Waals surface area contributed by atoms with Crippen LogP contribution in [-0.4, -0.2) is 8.80 Å². The lowest BCUT2D eigenvalue weighted by molar-refractivity contribution is 1.29. The van der Waals surface area contributed by atoms with Crippen molar-refractivity contribution in [2.45, 2.75) is 23.7 Å². The Labute approximate surface area is 116 Å². The molecular weight excluding hydrogens is 252 g/mol. The molecule has 2 aromatic rings. The zero-order valence-electron chi connectivity index (χ0n) is 11.0. The van der Waals surface area contributed by atoms with Crippen LogP contribution >= 0.6 is 11.8 Å². The normalized spacial score (nSPS) is 12.6. The second kappa shape index (κ2) is 6.81. The van der Waals surface area contributed by atoms with Gasteiger partial charge in [0.05, 0.1) is 8.80 Å². The highest BCUT2D eigenvalue weighted by molar-refractivity contribution is 8.00. The van der Waals surface area contributed by atoms with E-state index in [1.165, 1.54) is 11.1 Å². The average molecular weight is 271 g/mol. The summed E-state index contributed by atoms with van der Waals surface area (Å²) in [6.45, 7) is 4.81. The summed E-state index contributed by atoms with van der Waals surface area (Å²) < 4.78 is 0. The summed E-state index contributed by atoms with van der Waals surface area (Å²) in [5.41, 5.74) is 2.91. The Bertz CT molecular complexity index is 453. The zero-order valence-corrected chi connectivity index (χ0v) is 12.8. The molecule has 0 N–H and O–H groups in total. The molecule has 0 heterocycles. The first-order valence-corrected chi connectivity index (χ1v) is 9.90. The van der Waals surface area contributed by atoms with E-state index in [9.17, 15) is 0 Å². The first-order valence-electron chi connectivity index (χ1n) is 6.28. The number of thioether (sulfide) groups is 1. The van der Waals surface area contributed by atoms with E-state index >= 15 is 0 Å². The summed E-state index contributed by atoms with van der Waals surface area (Å²) in [7, 11) is -0.332. The molecular formula is C16H19SSi. The molecule has 0 spiro atoms. The van der Waals surface area contributed by atoms with Crippen molar-refractivity contribution >= 4 is 20.6 Å². The lowest BCUT2D eigenvalue weighted by atomic mass is 10.2. The van der Waals surface area contributed by atoms with E-state index in [1.807, 2.05) is 0 Å². The predicted octanol–water partition coefficient (Wildman–Crippen LogP) is 4.95. The van der Waals surface area contributed by atoms with Crippen molar-refractivity contribution < 1.29 is 0 Å². The van der Waals surface area contributed by atoms with Crippen molar-refractivity contribution in [2.75, 3.05) is 0 Å². The third kappa shape index (κ3) is 3.75. The predicted molar refractivity (Wildman–Crippen MR) is 84.4 cm³/mol. The summed E-state index contributed by atoms with van der Waals surface area (Å²) in [4.78, 5) is 0.677. The quantitative estimate of drug-likeness (QED) is 0.693. The van der Waals surface area contributed by atoms with Gasteiger partial charge in [-0.2, -0.15) is 11.8 Å². The molecule has 1 unspecified atom stereocenters. The Morgan fingerprint density at radius 3 is 2.00 bits per heavy atom. The van der Waals surface area contributed by atoms with Gasteiger partial charge in [-0.15, -0.1) is 0 Å². The minimum Gasteiger partial charge on any atom is -0.152 e. The first kappa shape index (κ1) is 13.4. The van der Waals surface area contributed by atoms with Gasteiger partial charge in [0.1, 0.15) is 0 Å². The Hall–Kier alpha value is -0.993. The van der Waals surface area contributed by atoms with Crippen LogP contribution in [-0.2, 0) is 5.75 Å². The molecule has 2 rings (SSSR count). The highest BCUT2D eigenvalue weighted by Gasteiger charge is 2.17. The van der Waals surface area contributed by atoms with Gasteiger partial charge in [-0.3, -0.25) is 0 Å². The molecule has 0 aromatic heterocycles. The van der Waals surface area contributed by atoms with E-state index < -0.39 is 0 Å². The van der Waals surface area contributed by atoms with Gasteiger partial charge in [-0.25, -0.2) is 0 Å². The first-order chi connectivity index (χ1) is 8.77. The number of hydrogen-bond donors (Lipinski definition) is 0. The van der Waals surface area contributed by atoms with Crippen molar-refractivity contribution in [3.8, 4) is 0 Å². The fourth-order valence-electron chi connectivity index (χ4n) is 1.98. The van der Waals surface area contributed by atoms with Crippen molar-refractivity contribution in [3.05, 3.63) is 71.8 Å². The topological polar surface area (TPSA) is 0 Å². The van der Waals surface area contributed by atoms with Gasteiger partial charge >= 0.3 is 0 Å². The highest BCUT2D eigenvalue weighted by atomic mass is 32.2. The van der Waals surface area contributed by atoms with Crippen LogP contribution in [0.3, 0.4) is 0 Å². The van der Waals surface area contributed by atoms with Gasteiger partial charge in [-0.05, 0) is 11.1 Å². The number of benzene rings is 2. The van der Waals surface area contributed by atoms with Crippen LogP contribution in [0.1, 0.15) is 16.0 Å². The summed E-state index contributed by atoms with van der Waals surface area (Å²) in [6.07, 6.45) is 0.